The first-order valence-electron chi connectivity index (χ1n) is 8.52. The molecule has 1 saturated heterocycles. The van der Waals surface area contributed by atoms with Gasteiger partial charge in [-0.15, -0.1) is 0 Å². The van der Waals surface area contributed by atoms with Crippen LogP contribution in [0, 0.1) is 0 Å². The maximum absolute atomic E-state index is 12.3. The van der Waals surface area contributed by atoms with Crippen LogP contribution in [0.5, 0.6) is 11.5 Å². The van der Waals surface area contributed by atoms with Gasteiger partial charge in [0.1, 0.15) is 12.0 Å². The van der Waals surface area contributed by atoms with Crippen molar-refractivity contribution >= 4 is 27.3 Å². The highest BCUT2D eigenvalue weighted by Crippen LogP contribution is 2.34. The first-order chi connectivity index (χ1) is 13.4. The second-order valence-electron chi connectivity index (χ2n) is 6.11. The van der Waals surface area contributed by atoms with Crippen LogP contribution in [0.2, 0.25) is 0 Å². The van der Waals surface area contributed by atoms with Gasteiger partial charge in [0, 0.05) is 24.4 Å². The zero-order valence-corrected chi connectivity index (χ0v) is 16.2. The second-order valence-corrected chi connectivity index (χ2v) is 8.13. The monoisotopic (exact) mass is 408 g/mol. The van der Waals surface area contributed by atoms with E-state index in [9.17, 15) is 18.0 Å². The average molecular weight is 408 g/mol. The smallest absolute Gasteiger partial charge is 0.291 e. The number of amides is 1. The molecular weight excluding hydrogens is 388 g/mol. The van der Waals surface area contributed by atoms with E-state index in [1.54, 1.807) is 12.1 Å². The van der Waals surface area contributed by atoms with Crippen LogP contribution in [0.15, 0.2) is 39.7 Å². The summed E-state index contributed by atoms with van der Waals surface area (Å²) in [5.74, 6) is -0.442. The number of carbonyl (C=O) groups is 1. The molecule has 1 fully saturated rings. The topological polar surface area (TPSA) is 115 Å². The van der Waals surface area contributed by atoms with Crippen molar-refractivity contribution < 1.29 is 27.1 Å². The molecule has 0 atom stereocenters. The van der Waals surface area contributed by atoms with Gasteiger partial charge >= 0.3 is 0 Å². The highest BCUT2D eigenvalue weighted by atomic mass is 32.2. The van der Waals surface area contributed by atoms with Gasteiger partial charge in [-0.25, -0.2) is 8.42 Å². The molecule has 3 rings (SSSR count). The minimum absolute atomic E-state index is 0.00897. The maximum atomic E-state index is 12.3. The van der Waals surface area contributed by atoms with E-state index in [1.165, 1.54) is 24.6 Å². The number of hydrogen-bond acceptors (Lipinski definition) is 7. The maximum Gasteiger partial charge on any atom is 0.291 e. The fraction of sp³-hybridized carbons (Fsp3) is 0.333. The predicted octanol–water partition coefficient (Wildman–Crippen LogP) is 1.84. The number of ether oxygens (including phenoxy) is 2. The van der Waals surface area contributed by atoms with Gasteiger partial charge in [0.25, 0.3) is 5.91 Å². The van der Waals surface area contributed by atoms with E-state index < -0.39 is 21.4 Å². The summed E-state index contributed by atoms with van der Waals surface area (Å²) < 4.78 is 41.2. The number of benzene rings is 1. The van der Waals surface area contributed by atoms with Crippen LogP contribution in [0.25, 0.3) is 0 Å². The Morgan fingerprint density at radius 3 is 2.54 bits per heavy atom. The molecule has 0 bridgehead atoms. The Hall–Kier alpha value is -3.01. The van der Waals surface area contributed by atoms with E-state index in [-0.39, 0.29) is 17.3 Å². The summed E-state index contributed by atoms with van der Waals surface area (Å²) in [6.45, 7) is 0.376. The quantitative estimate of drug-likeness (QED) is 0.803. The zero-order valence-electron chi connectivity index (χ0n) is 15.4. The summed E-state index contributed by atoms with van der Waals surface area (Å²) in [5.41, 5.74) is 0.289. The summed E-state index contributed by atoms with van der Waals surface area (Å²) in [6.07, 6.45) is 2.45. The number of nitrogens with one attached hydrogen (secondary N) is 1. The van der Waals surface area contributed by atoms with Crippen molar-refractivity contribution in [3.63, 3.8) is 0 Å². The van der Waals surface area contributed by atoms with Crippen molar-refractivity contribution in [1.82, 2.24) is 0 Å². The van der Waals surface area contributed by atoms with Gasteiger partial charge in [-0.3, -0.25) is 13.9 Å². The van der Waals surface area contributed by atoms with Crippen LogP contribution in [0.1, 0.15) is 23.4 Å². The molecule has 2 heterocycles. The van der Waals surface area contributed by atoms with Crippen LogP contribution in [0.4, 0.5) is 11.4 Å². The molecule has 0 spiro atoms. The predicted molar refractivity (Wildman–Crippen MR) is 103 cm³/mol. The first-order valence-corrected chi connectivity index (χ1v) is 10.1. The molecule has 1 amide bonds. The van der Waals surface area contributed by atoms with Crippen LogP contribution in [-0.2, 0) is 10.0 Å². The summed E-state index contributed by atoms with van der Waals surface area (Å²) in [4.78, 5) is 24.1. The minimum atomic E-state index is -3.40. The summed E-state index contributed by atoms with van der Waals surface area (Å²) in [6, 6.07) is 5.67. The van der Waals surface area contributed by atoms with Gasteiger partial charge in [0.2, 0.25) is 21.2 Å². The van der Waals surface area contributed by atoms with Gasteiger partial charge in [-0.1, -0.05) is 0 Å². The van der Waals surface area contributed by atoms with Crippen molar-refractivity contribution in [3.8, 4) is 11.5 Å². The van der Waals surface area contributed by atoms with Gasteiger partial charge in [0.05, 0.1) is 25.7 Å². The molecule has 1 aliphatic rings. The first kappa shape index (κ1) is 19.7. The number of nitrogens with zero attached hydrogens (tertiary/aromatic N) is 1. The normalized spacial score (nSPS) is 15.7. The van der Waals surface area contributed by atoms with E-state index in [2.05, 4.69) is 5.32 Å². The molecule has 0 unspecified atom stereocenters. The standard InChI is InChI=1S/C18H20N2O7S/c1-25-15-9-12(5-6-13(15)20-7-3-4-8-28(20,23)24)19-18(22)16-10-14(21)17(26-2)11-27-16/h5-6,9-11H,3-4,7-8H2,1-2H3,(H,19,22). The Morgan fingerprint density at radius 2 is 1.89 bits per heavy atom. The van der Waals surface area contributed by atoms with Crippen LogP contribution in [-0.4, -0.2) is 40.8 Å². The molecule has 1 aromatic carbocycles. The molecule has 0 saturated carbocycles. The van der Waals surface area contributed by atoms with Crippen LogP contribution < -0.4 is 24.5 Å². The van der Waals surface area contributed by atoms with Gasteiger partial charge in [-0.05, 0) is 25.0 Å². The molecule has 10 heteroatoms. The summed E-state index contributed by atoms with van der Waals surface area (Å²) in [5, 5.41) is 2.59. The second kappa shape index (κ2) is 7.93. The fourth-order valence-corrected chi connectivity index (χ4v) is 4.53. The number of methoxy groups -OCH3 is 2. The number of anilines is 2. The Bertz CT molecular complexity index is 1050. The Balaban J connectivity index is 1.85. The minimum Gasteiger partial charge on any atom is -0.494 e. The molecule has 9 nitrogen and oxygen atoms in total. The van der Waals surface area contributed by atoms with Gasteiger partial charge < -0.3 is 19.2 Å². The molecule has 1 aliphatic heterocycles. The lowest BCUT2D eigenvalue weighted by Crippen LogP contribution is -2.38. The summed E-state index contributed by atoms with van der Waals surface area (Å²) >= 11 is 0. The summed E-state index contributed by atoms with van der Waals surface area (Å²) in [7, 11) is -0.653. The van der Waals surface area contributed by atoms with E-state index in [0.29, 0.717) is 30.1 Å². The van der Waals surface area contributed by atoms with Crippen LogP contribution in [0.3, 0.4) is 0 Å². The third-order valence-electron chi connectivity index (χ3n) is 4.30. The molecule has 1 aromatic heterocycles. The Kier molecular flexibility index (Phi) is 5.59. The zero-order chi connectivity index (χ0) is 20.3. The number of hydrogen-bond donors (Lipinski definition) is 1. The lowest BCUT2D eigenvalue weighted by Gasteiger charge is -2.29. The number of carbonyl (C=O) groups excluding carboxylic acids is 1. The van der Waals surface area contributed by atoms with Crippen molar-refractivity contribution in [3.05, 3.63) is 46.5 Å². The van der Waals surface area contributed by atoms with Crippen molar-refractivity contribution in [2.24, 2.45) is 0 Å². The molecule has 150 valence electrons. The molecule has 0 radical (unpaired) electrons. The largest absolute Gasteiger partial charge is 0.494 e. The highest BCUT2D eigenvalue weighted by Gasteiger charge is 2.28. The fourth-order valence-electron chi connectivity index (χ4n) is 2.88. The van der Waals surface area contributed by atoms with E-state index in [1.807, 2.05) is 0 Å². The molecule has 2 aromatic rings. The van der Waals surface area contributed by atoms with Crippen molar-refractivity contribution in [2.75, 3.05) is 36.1 Å². The van der Waals surface area contributed by atoms with E-state index >= 15 is 0 Å². The average Bonchev–Trinajstić information content (AvgIpc) is 2.67. The van der Waals surface area contributed by atoms with E-state index in [0.717, 1.165) is 18.8 Å². The third kappa shape index (κ3) is 3.96. The molecule has 28 heavy (non-hydrogen) atoms. The third-order valence-corrected chi connectivity index (χ3v) is 6.15. The molecular formula is C18H20N2O7S. The Morgan fingerprint density at radius 1 is 1.14 bits per heavy atom. The molecule has 0 aliphatic carbocycles. The van der Waals surface area contributed by atoms with Crippen LogP contribution >= 0.6 is 0 Å². The number of rotatable bonds is 5. The molecule has 1 N–H and O–H groups in total. The van der Waals surface area contributed by atoms with Gasteiger partial charge in [0.15, 0.2) is 5.76 Å². The Labute approximate surface area is 161 Å². The lowest BCUT2D eigenvalue weighted by atomic mass is 10.2. The lowest BCUT2D eigenvalue weighted by molar-refractivity contribution is 0.0993. The SMILES string of the molecule is COc1cc(NC(=O)c2cc(=O)c(OC)co2)ccc1N1CCCCS1(=O)=O. The number of sulfonamides is 1. The van der Waals surface area contributed by atoms with E-state index in [4.69, 9.17) is 13.9 Å². The highest BCUT2D eigenvalue weighted by molar-refractivity contribution is 7.92. The van der Waals surface area contributed by atoms with Gasteiger partial charge in [-0.2, -0.15) is 0 Å². The van der Waals surface area contributed by atoms with Crippen molar-refractivity contribution in [1.29, 1.82) is 0 Å². The van der Waals surface area contributed by atoms with Crippen molar-refractivity contribution in [2.45, 2.75) is 12.8 Å².